The van der Waals surface area contributed by atoms with Crippen molar-refractivity contribution < 1.29 is 9.59 Å². The quantitative estimate of drug-likeness (QED) is 0.158. The second-order valence-corrected chi connectivity index (χ2v) is 9.96. The normalized spacial score (nSPS) is 11.4. The smallest absolute Gasteiger partial charge is 0.237 e. The fourth-order valence-electron chi connectivity index (χ4n) is 3.06. The number of amides is 1. The zero-order valence-electron chi connectivity index (χ0n) is 18.5. The fourth-order valence-corrected chi connectivity index (χ4v) is 4.84. The summed E-state index contributed by atoms with van der Waals surface area (Å²) in [6.07, 6.45) is 0.638. The first kappa shape index (κ1) is 26.0. The molecule has 0 aromatic heterocycles. The minimum atomic E-state index is -0.308. The second-order valence-electron chi connectivity index (χ2n) is 7.40. The Morgan fingerprint density at radius 1 is 0.882 bits per heavy atom. The molecule has 1 amide bonds. The SMILES string of the molecule is CCC(Sc1cccc(NC(=S)Nc2ccc(C(C)=O)cc2)c1)C(=O)Nc1cc(Cl)cc(Cl)c1. The number of halogens is 2. The number of carbonyl (C=O) groups is 2. The molecular weight excluding hydrogens is 509 g/mol. The van der Waals surface area contributed by atoms with Crippen molar-refractivity contribution in [3.63, 3.8) is 0 Å². The number of carbonyl (C=O) groups excluding carboxylic acids is 2. The van der Waals surface area contributed by atoms with E-state index in [1.807, 2.05) is 31.2 Å². The van der Waals surface area contributed by atoms with E-state index in [2.05, 4.69) is 16.0 Å². The fraction of sp³-hybridized carbons (Fsp3) is 0.160. The molecule has 3 rings (SSSR count). The van der Waals surface area contributed by atoms with Gasteiger partial charge in [-0.2, -0.15) is 0 Å². The minimum Gasteiger partial charge on any atom is -0.332 e. The van der Waals surface area contributed by atoms with Gasteiger partial charge < -0.3 is 16.0 Å². The topological polar surface area (TPSA) is 70.2 Å². The lowest BCUT2D eigenvalue weighted by Crippen LogP contribution is -2.24. The van der Waals surface area contributed by atoms with Crippen LogP contribution in [0, 0.1) is 0 Å². The molecule has 34 heavy (non-hydrogen) atoms. The van der Waals surface area contributed by atoms with E-state index in [0.717, 1.165) is 16.3 Å². The largest absolute Gasteiger partial charge is 0.332 e. The number of rotatable bonds is 8. The molecule has 0 aliphatic carbocycles. The summed E-state index contributed by atoms with van der Waals surface area (Å²) in [4.78, 5) is 25.2. The van der Waals surface area contributed by atoms with E-state index in [0.29, 0.717) is 32.8 Å². The third-order valence-corrected chi connectivity index (χ3v) is 6.71. The molecular formula is C25H23Cl2N3O2S2. The maximum absolute atomic E-state index is 12.8. The van der Waals surface area contributed by atoms with Gasteiger partial charge in [0.1, 0.15) is 0 Å². The van der Waals surface area contributed by atoms with Gasteiger partial charge in [0.15, 0.2) is 10.9 Å². The number of thioether (sulfide) groups is 1. The molecule has 3 N–H and O–H groups in total. The first-order valence-corrected chi connectivity index (χ1v) is 12.5. The van der Waals surface area contributed by atoms with Crippen LogP contribution in [0.25, 0.3) is 0 Å². The van der Waals surface area contributed by atoms with Gasteiger partial charge in [-0.05, 0) is 86.2 Å². The van der Waals surface area contributed by atoms with Gasteiger partial charge in [0, 0.05) is 37.6 Å². The Kier molecular flexibility index (Phi) is 9.36. The van der Waals surface area contributed by atoms with Crippen LogP contribution in [0.3, 0.4) is 0 Å². The van der Waals surface area contributed by atoms with E-state index in [4.69, 9.17) is 35.4 Å². The van der Waals surface area contributed by atoms with E-state index >= 15 is 0 Å². The summed E-state index contributed by atoms with van der Waals surface area (Å²) >= 11 is 18.9. The Morgan fingerprint density at radius 2 is 1.53 bits per heavy atom. The van der Waals surface area contributed by atoms with Crippen LogP contribution in [-0.2, 0) is 4.79 Å². The molecule has 9 heteroatoms. The first-order chi connectivity index (χ1) is 16.2. The first-order valence-electron chi connectivity index (χ1n) is 10.5. The number of Topliss-reactive ketones (excluding diaryl/α,β-unsaturated/α-hetero) is 1. The molecule has 0 saturated carbocycles. The summed E-state index contributed by atoms with van der Waals surface area (Å²) in [5.41, 5.74) is 2.77. The summed E-state index contributed by atoms with van der Waals surface area (Å²) in [7, 11) is 0. The Hall–Kier alpha value is -2.58. The molecule has 0 bridgehead atoms. The van der Waals surface area contributed by atoms with Crippen molar-refractivity contribution in [2.24, 2.45) is 0 Å². The Morgan fingerprint density at radius 3 is 2.15 bits per heavy atom. The van der Waals surface area contributed by atoms with E-state index in [1.165, 1.54) is 18.7 Å². The molecule has 0 aliphatic rings. The highest BCUT2D eigenvalue weighted by Gasteiger charge is 2.19. The van der Waals surface area contributed by atoms with E-state index in [1.54, 1.807) is 42.5 Å². The predicted octanol–water partition coefficient (Wildman–Crippen LogP) is 7.51. The van der Waals surface area contributed by atoms with E-state index in [-0.39, 0.29) is 16.9 Å². The highest BCUT2D eigenvalue weighted by molar-refractivity contribution is 8.00. The van der Waals surface area contributed by atoms with Gasteiger partial charge in [-0.25, -0.2) is 0 Å². The summed E-state index contributed by atoms with van der Waals surface area (Å²) < 4.78 is 0. The van der Waals surface area contributed by atoms with Crippen molar-refractivity contribution in [2.75, 3.05) is 16.0 Å². The number of hydrogen-bond acceptors (Lipinski definition) is 4. The van der Waals surface area contributed by atoms with Gasteiger partial charge in [0.25, 0.3) is 0 Å². The molecule has 0 saturated heterocycles. The lowest BCUT2D eigenvalue weighted by Gasteiger charge is -2.16. The van der Waals surface area contributed by atoms with Crippen molar-refractivity contribution in [2.45, 2.75) is 30.4 Å². The number of nitrogens with one attached hydrogen (secondary N) is 3. The number of hydrogen-bond donors (Lipinski definition) is 3. The number of ketones is 1. The average Bonchev–Trinajstić information content (AvgIpc) is 2.77. The van der Waals surface area contributed by atoms with Gasteiger partial charge in [-0.1, -0.05) is 36.2 Å². The van der Waals surface area contributed by atoms with Crippen LogP contribution in [0.4, 0.5) is 17.1 Å². The number of benzene rings is 3. The highest BCUT2D eigenvalue weighted by Crippen LogP contribution is 2.29. The van der Waals surface area contributed by atoms with Crippen LogP contribution in [0.5, 0.6) is 0 Å². The van der Waals surface area contributed by atoms with Crippen LogP contribution in [0.2, 0.25) is 10.0 Å². The van der Waals surface area contributed by atoms with Gasteiger partial charge in [-0.15, -0.1) is 11.8 Å². The third kappa shape index (κ3) is 7.74. The van der Waals surface area contributed by atoms with Crippen molar-refractivity contribution in [1.29, 1.82) is 0 Å². The molecule has 0 spiro atoms. The molecule has 0 heterocycles. The maximum Gasteiger partial charge on any atom is 0.237 e. The maximum atomic E-state index is 12.8. The van der Waals surface area contributed by atoms with Crippen molar-refractivity contribution in [3.05, 3.63) is 82.3 Å². The standard InChI is InChI=1S/C25H23Cl2N3O2S2/c1-3-23(24(32)28-21-12-17(26)11-18(27)13-21)34-22-6-4-5-20(14-22)30-25(33)29-19-9-7-16(8-10-19)15(2)31/h4-14,23H,3H2,1-2H3,(H,28,32)(H2,29,30,33). The number of anilines is 3. The summed E-state index contributed by atoms with van der Waals surface area (Å²) in [6.45, 7) is 3.49. The van der Waals surface area contributed by atoms with Crippen LogP contribution >= 0.6 is 47.2 Å². The molecule has 5 nitrogen and oxygen atoms in total. The molecule has 3 aromatic carbocycles. The predicted molar refractivity (Wildman–Crippen MR) is 148 cm³/mol. The molecule has 3 aromatic rings. The van der Waals surface area contributed by atoms with Crippen LogP contribution < -0.4 is 16.0 Å². The van der Waals surface area contributed by atoms with E-state index in [9.17, 15) is 9.59 Å². The number of thiocarbonyl (C=S) groups is 1. The Labute approximate surface area is 218 Å². The van der Waals surface area contributed by atoms with Crippen molar-refractivity contribution in [3.8, 4) is 0 Å². The Balaban J connectivity index is 1.61. The van der Waals surface area contributed by atoms with Gasteiger partial charge in [0.05, 0.1) is 5.25 Å². The van der Waals surface area contributed by atoms with Crippen molar-refractivity contribution >= 4 is 81.0 Å². The third-order valence-electron chi connectivity index (χ3n) is 4.71. The van der Waals surface area contributed by atoms with Gasteiger partial charge in [-0.3, -0.25) is 9.59 Å². The summed E-state index contributed by atoms with van der Waals surface area (Å²) in [6, 6.07) is 19.7. The molecule has 0 radical (unpaired) electrons. The zero-order chi connectivity index (χ0) is 24.7. The average molecular weight is 533 g/mol. The van der Waals surface area contributed by atoms with Crippen LogP contribution in [-0.4, -0.2) is 22.1 Å². The Bertz CT molecular complexity index is 1180. The molecule has 1 atom stereocenters. The van der Waals surface area contributed by atoms with Gasteiger partial charge >= 0.3 is 0 Å². The lowest BCUT2D eigenvalue weighted by atomic mass is 10.1. The minimum absolute atomic E-state index is 0.0111. The van der Waals surface area contributed by atoms with Crippen LogP contribution in [0.1, 0.15) is 30.6 Å². The van der Waals surface area contributed by atoms with Gasteiger partial charge in [0.2, 0.25) is 5.91 Å². The van der Waals surface area contributed by atoms with E-state index < -0.39 is 0 Å². The molecule has 0 fully saturated rings. The molecule has 176 valence electrons. The summed E-state index contributed by atoms with van der Waals surface area (Å²) in [5.74, 6) is -0.118. The summed E-state index contributed by atoms with van der Waals surface area (Å²) in [5, 5.41) is 10.2. The highest BCUT2D eigenvalue weighted by atomic mass is 35.5. The zero-order valence-corrected chi connectivity index (χ0v) is 21.7. The molecule has 0 aliphatic heterocycles. The van der Waals surface area contributed by atoms with Crippen molar-refractivity contribution in [1.82, 2.24) is 0 Å². The monoisotopic (exact) mass is 531 g/mol. The lowest BCUT2D eigenvalue weighted by molar-refractivity contribution is -0.115. The molecule has 1 unspecified atom stereocenters. The van der Waals surface area contributed by atoms with Crippen LogP contribution in [0.15, 0.2) is 71.6 Å². The second kappa shape index (κ2) is 12.2.